The van der Waals surface area contributed by atoms with Gasteiger partial charge >= 0.3 is 0 Å². The van der Waals surface area contributed by atoms with Crippen LogP contribution in [0.2, 0.25) is 0 Å². The molecule has 0 amide bonds. The maximum atomic E-state index is 13.2. The Hall–Kier alpha value is -5.40. The fraction of sp³-hybridized carbons (Fsp3) is 0.245. The van der Waals surface area contributed by atoms with Gasteiger partial charge in [-0.15, -0.1) is 0 Å². The van der Waals surface area contributed by atoms with Crippen LogP contribution in [-0.2, 0) is 15.9 Å². The van der Waals surface area contributed by atoms with Gasteiger partial charge < -0.3 is 4.98 Å². The van der Waals surface area contributed by atoms with Crippen molar-refractivity contribution in [2.24, 2.45) is 0 Å². The van der Waals surface area contributed by atoms with Crippen LogP contribution in [0, 0.1) is 6.92 Å². The number of hydrogen-bond donors (Lipinski definition) is 1. The van der Waals surface area contributed by atoms with Gasteiger partial charge in [0.05, 0.1) is 40.0 Å². The molecule has 2 aliphatic heterocycles. The third-order valence-corrected chi connectivity index (χ3v) is 12.9. The molecule has 59 heavy (non-hydrogen) atoms. The number of Topliss-reactive ketones (excluding diaryl/α,β-unsaturated/α-hetero) is 1. The summed E-state index contributed by atoms with van der Waals surface area (Å²) in [5.41, 5.74) is 8.90. The number of likely N-dealkylation sites (tertiary alicyclic amines) is 2. The Balaban J connectivity index is 0.000000164. The lowest BCUT2D eigenvalue weighted by Crippen LogP contribution is -2.53. The van der Waals surface area contributed by atoms with Crippen LogP contribution in [0.3, 0.4) is 0 Å². The number of alkyl halides is 1. The number of aromatic nitrogens is 2. The van der Waals surface area contributed by atoms with Gasteiger partial charge in [0.25, 0.3) is 0 Å². The highest BCUT2D eigenvalue weighted by atomic mass is 79.9. The van der Waals surface area contributed by atoms with Crippen LogP contribution in [0.4, 0.5) is 0 Å². The van der Waals surface area contributed by atoms with E-state index in [1.54, 1.807) is 0 Å². The normalized spacial score (nSPS) is 17.9. The molecule has 2 aliphatic rings. The van der Waals surface area contributed by atoms with E-state index in [2.05, 4.69) is 220 Å². The standard InChI is InChI=1S/C27H27N3.C26H26BrNO/c1-21-26(29-20-28-21)25-18-11-19-30(25)27(22-12-5-2-6-13-22,23-14-7-3-8-15-23)24-16-9-4-10-17-24;1-20(27)25(29)24-18-11-19-28(24)26(21-12-5-2-6-13-21,22-14-7-3-8-15-22)23-16-9-4-10-17-23/h2-10,12-17,20,25H,11,18-19H2,1H3,(H,28,29);2-10,12-17,20,24H,11,18-19H2,1H3/t25-;20?,24-/m00/s1. The van der Waals surface area contributed by atoms with Crippen molar-refractivity contribution in [1.82, 2.24) is 19.8 Å². The largest absolute Gasteiger partial charge is 0.348 e. The molecule has 2 fully saturated rings. The minimum absolute atomic E-state index is 0.120. The van der Waals surface area contributed by atoms with Gasteiger partial charge in [0, 0.05) is 18.8 Å². The van der Waals surface area contributed by atoms with Crippen LogP contribution in [0.25, 0.3) is 0 Å². The average molecular weight is 842 g/mol. The fourth-order valence-corrected chi connectivity index (χ4v) is 10.3. The van der Waals surface area contributed by atoms with Crippen molar-refractivity contribution >= 4 is 21.7 Å². The molecule has 1 unspecified atom stereocenters. The smallest absolute Gasteiger partial charge is 0.163 e. The molecule has 0 radical (unpaired) electrons. The number of aryl methyl sites for hydroxylation is 1. The van der Waals surface area contributed by atoms with E-state index in [-0.39, 0.29) is 28.2 Å². The first-order chi connectivity index (χ1) is 29.0. The van der Waals surface area contributed by atoms with Gasteiger partial charge in [-0.2, -0.15) is 0 Å². The van der Waals surface area contributed by atoms with Gasteiger partial charge in [0.1, 0.15) is 0 Å². The van der Waals surface area contributed by atoms with Crippen LogP contribution in [0.5, 0.6) is 0 Å². The number of nitrogens with one attached hydrogen (secondary N) is 1. The van der Waals surface area contributed by atoms with Crippen LogP contribution in [0.15, 0.2) is 188 Å². The lowest BCUT2D eigenvalue weighted by atomic mass is 9.75. The number of ketones is 1. The van der Waals surface area contributed by atoms with E-state index >= 15 is 0 Å². The van der Waals surface area contributed by atoms with Crippen molar-refractivity contribution in [3.63, 3.8) is 0 Å². The van der Waals surface area contributed by atoms with Crippen molar-refractivity contribution in [3.8, 4) is 0 Å². The van der Waals surface area contributed by atoms with Crippen molar-refractivity contribution in [1.29, 1.82) is 0 Å². The third kappa shape index (κ3) is 7.66. The third-order valence-electron chi connectivity index (χ3n) is 12.4. The molecule has 1 N–H and O–H groups in total. The number of rotatable bonds is 11. The maximum absolute atomic E-state index is 13.2. The summed E-state index contributed by atoms with van der Waals surface area (Å²) in [6, 6.07) is 64.9. The number of carbonyl (C=O) groups excluding carboxylic acids is 1. The topological polar surface area (TPSA) is 52.2 Å². The van der Waals surface area contributed by atoms with Gasteiger partial charge in [-0.3, -0.25) is 14.6 Å². The first-order valence-electron chi connectivity index (χ1n) is 21.0. The predicted octanol–water partition coefficient (Wildman–Crippen LogP) is 11.6. The lowest BCUT2D eigenvalue weighted by molar-refractivity contribution is -0.123. The second-order valence-electron chi connectivity index (χ2n) is 15.8. The molecule has 6 heteroatoms. The second-order valence-corrected chi connectivity index (χ2v) is 17.1. The van der Waals surface area contributed by atoms with Crippen LogP contribution in [0.1, 0.15) is 83.4 Å². The molecule has 0 bridgehead atoms. The number of imidazole rings is 1. The number of H-pyrrole nitrogens is 1. The van der Waals surface area contributed by atoms with E-state index in [4.69, 9.17) is 4.98 Å². The molecule has 3 heterocycles. The predicted molar refractivity (Wildman–Crippen MR) is 244 cm³/mol. The number of benzene rings is 6. The summed E-state index contributed by atoms with van der Waals surface area (Å²) in [6.07, 6.45) is 6.01. The van der Waals surface area contributed by atoms with Gasteiger partial charge in [-0.05, 0) is 72.9 Å². The van der Waals surface area contributed by atoms with E-state index < -0.39 is 5.54 Å². The molecular weight excluding hydrogens is 789 g/mol. The number of nitrogens with zero attached hydrogens (tertiary/aromatic N) is 3. The highest BCUT2D eigenvalue weighted by Gasteiger charge is 2.50. The van der Waals surface area contributed by atoms with Crippen LogP contribution < -0.4 is 0 Å². The molecule has 1 aromatic heterocycles. The van der Waals surface area contributed by atoms with E-state index in [1.807, 2.05) is 13.3 Å². The molecular formula is C53H53BrN4O. The highest BCUT2D eigenvalue weighted by molar-refractivity contribution is 9.10. The lowest BCUT2D eigenvalue weighted by Gasteiger charge is -2.46. The Kier molecular flexibility index (Phi) is 12.5. The molecule has 2 saturated heterocycles. The SMILES string of the molecule is CC(Br)C(=O)[C@@H]1CCCN1C(c1ccccc1)(c1ccccc1)c1ccccc1.Cc1[nH]cnc1[C@@H]1CCCN1C(c1ccccc1)(c1ccccc1)c1ccccc1. The number of carbonyl (C=O) groups is 1. The molecule has 0 spiro atoms. The molecule has 0 aliphatic carbocycles. The van der Waals surface area contributed by atoms with E-state index in [0.29, 0.717) is 0 Å². The van der Waals surface area contributed by atoms with Gasteiger partial charge in [0.2, 0.25) is 0 Å². The van der Waals surface area contributed by atoms with Crippen molar-refractivity contribution in [2.45, 2.75) is 67.5 Å². The van der Waals surface area contributed by atoms with E-state index in [1.165, 1.54) is 39.1 Å². The minimum Gasteiger partial charge on any atom is -0.348 e. The molecule has 6 aromatic carbocycles. The van der Waals surface area contributed by atoms with Gasteiger partial charge in [0.15, 0.2) is 5.78 Å². The van der Waals surface area contributed by atoms with Gasteiger partial charge in [-0.25, -0.2) is 4.98 Å². The monoisotopic (exact) mass is 840 g/mol. The Morgan fingerprint density at radius 2 is 0.915 bits per heavy atom. The summed E-state index contributed by atoms with van der Waals surface area (Å²) < 4.78 is 0. The summed E-state index contributed by atoms with van der Waals surface area (Å²) in [4.78, 5) is 26.2. The van der Waals surface area contributed by atoms with Crippen LogP contribution in [-0.4, -0.2) is 49.5 Å². The van der Waals surface area contributed by atoms with E-state index in [9.17, 15) is 4.79 Å². The maximum Gasteiger partial charge on any atom is 0.163 e. The molecule has 7 aromatic rings. The Morgan fingerprint density at radius 3 is 1.25 bits per heavy atom. The zero-order chi connectivity index (χ0) is 40.7. The zero-order valence-corrected chi connectivity index (χ0v) is 35.6. The molecule has 298 valence electrons. The average Bonchev–Trinajstić information content (AvgIpc) is 4.09. The van der Waals surface area contributed by atoms with Crippen molar-refractivity contribution in [2.75, 3.05) is 13.1 Å². The second kappa shape index (κ2) is 18.3. The zero-order valence-electron chi connectivity index (χ0n) is 34.0. The van der Waals surface area contributed by atoms with Crippen molar-refractivity contribution < 1.29 is 4.79 Å². The minimum atomic E-state index is -0.511. The number of aromatic amines is 1. The molecule has 5 nitrogen and oxygen atoms in total. The molecule has 0 saturated carbocycles. The first kappa shape index (κ1) is 40.4. The summed E-state index contributed by atoms with van der Waals surface area (Å²) in [7, 11) is 0. The summed E-state index contributed by atoms with van der Waals surface area (Å²) in [5, 5.41) is 0. The Bertz CT molecular complexity index is 2180. The Morgan fingerprint density at radius 1 is 0.576 bits per heavy atom. The molecule has 3 atom stereocenters. The van der Waals surface area contributed by atoms with E-state index in [0.717, 1.165) is 44.5 Å². The first-order valence-corrected chi connectivity index (χ1v) is 21.9. The fourth-order valence-electron chi connectivity index (χ4n) is 9.96. The summed E-state index contributed by atoms with van der Waals surface area (Å²) in [6.45, 7) is 5.98. The van der Waals surface area contributed by atoms with Crippen molar-refractivity contribution in [3.05, 3.63) is 233 Å². The number of halogens is 1. The Labute approximate surface area is 358 Å². The van der Waals surface area contributed by atoms with Crippen LogP contribution >= 0.6 is 15.9 Å². The highest BCUT2D eigenvalue weighted by Crippen LogP contribution is 2.50. The summed E-state index contributed by atoms with van der Waals surface area (Å²) >= 11 is 3.54. The molecule has 9 rings (SSSR count). The number of hydrogen-bond acceptors (Lipinski definition) is 4. The van der Waals surface area contributed by atoms with Gasteiger partial charge in [-0.1, -0.05) is 198 Å². The summed E-state index contributed by atoms with van der Waals surface area (Å²) in [5.74, 6) is 0.259. The quantitative estimate of drug-likeness (QED) is 0.104.